The first-order chi connectivity index (χ1) is 2.91. The molecule has 0 aromatic heterocycles. The third-order valence-electron chi connectivity index (χ3n) is 0.517. The summed E-state index contributed by atoms with van der Waals surface area (Å²) < 4.78 is 0. The molecule has 0 heterocycles. The average Bonchev–Trinajstić information content (AvgIpc) is 1.61. The number of alkyl halides is 2. The molecule has 0 radical (unpaired) electrons. The summed E-state index contributed by atoms with van der Waals surface area (Å²) in [4.78, 5) is 0. The maximum absolute atomic E-state index is 5.32. The molecule has 0 amide bonds. The molecule has 0 nitrogen and oxygen atoms in total. The van der Waals surface area contributed by atoms with E-state index in [9.17, 15) is 0 Å². The highest BCUT2D eigenvalue weighted by Crippen LogP contribution is 1.92. The summed E-state index contributed by atoms with van der Waals surface area (Å²) in [6.07, 6.45) is 2.09. The van der Waals surface area contributed by atoms with E-state index in [4.69, 9.17) is 23.2 Å². The minimum absolute atomic E-state index is 0. The summed E-state index contributed by atoms with van der Waals surface area (Å²) in [7, 11) is 0. The lowest BCUT2D eigenvalue weighted by molar-refractivity contribution is 0.899. The van der Waals surface area contributed by atoms with Crippen LogP contribution in [-0.4, -0.2) is 29.1 Å². The summed E-state index contributed by atoms with van der Waals surface area (Å²) >= 11 is 10.6. The van der Waals surface area contributed by atoms with Gasteiger partial charge in [-0.2, -0.15) is 0 Å². The van der Waals surface area contributed by atoms with Gasteiger partial charge in [-0.15, -0.1) is 23.2 Å². The maximum atomic E-state index is 5.32. The van der Waals surface area contributed by atoms with Gasteiger partial charge in [0.2, 0.25) is 0 Å². The van der Waals surface area contributed by atoms with Crippen molar-refractivity contribution in [1.82, 2.24) is 0 Å². The second-order valence-corrected chi connectivity index (χ2v) is 1.84. The van der Waals surface area contributed by atoms with Gasteiger partial charge in [-0.1, -0.05) is 0 Å². The van der Waals surface area contributed by atoms with Crippen LogP contribution in [0.2, 0.25) is 0 Å². The highest BCUT2D eigenvalue weighted by atomic mass is 35.5. The van der Waals surface area contributed by atoms with Gasteiger partial charge in [0.15, 0.2) is 17.4 Å². The molecule has 3 heteroatoms. The van der Waals surface area contributed by atoms with Crippen LogP contribution in [0, 0.1) is 0 Å². The average molecular weight is 157 g/mol. The quantitative estimate of drug-likeness (QED) is 0.326. The molecule has 0 saturated carbocycles. The normalized spacial score (nSPS) is 7.71. The summed E-state index contributed by atoms with van der Waals surface area (Å²) in [5.74, 6) is 1.49. The van der Waals surface area contributed by atoms with Gasteiger partial charge in [-0.05, 0) is 12.8 Å². The van der Waals surface area contributed by atoms with Crippen molar-refractivity contribution in [2.75, 3.05) is 11.8 Å². The highest BCUT2D eigenvalue weighted by Gasteiger charge is 1.78. The fourth-order valence-corrected chi connectivity index (χ4v) is 0.567. The zero-order chi connectivity index (χ0) is 4.83. The molecule has 0 aliphatic heterocycles. The molecule has 0 rings (SSSR count). The third kappa shape index (κ3) is 11.0. The predicted molar refractivity (Wildman–Crippen MR) is 40.6 cm³/mol. The number of halogens is 2. The van der Waals surface area contributed by atoms with Gasteiger partial charge in [-0.3, -0.25) is 0 Å². The summed E-state index contributed by atoms with van der Waals surface area (Å²) in [5, 5.41) is 0. The molecule has 0 aromatic carbocycles. The predicted octanol–water partition coefficient (Wildman–Crippen LogP) is 1.06. The molecule has 0 aromatic rings. The van der Waals surface area contributed by atoms with E-state index in [-0.39, 0.29) is 17.4 Å². The van der Waals surface area contributed by atoms with E-state index >= 15 is 0 Å². The topological polar surface area (TPSA) is 0 Å². The monoisotopic (exact) mass is 156 g/mol. The third-order valence-corrected chi connectivity index (χ3v) is 1.05. The lowest BCUT2D eigenvalue weighted by atomic mass is 10.4. The van der Waals surface area contributed by atoms with Crippen LogP contribution in [0.1, 0.15) is 12.8 Å². The zero-order valence-electron chi connectivity index (χ0n) is 3.58. The van der Waals surface area contributed by atoms with Crippen LogP contribution < -0.4 is 0 Å². The van der Waals surface area contributed by atoms with Gasteiger partial charge in [0.1, 0.15) is 0 Å². The SMILES string of the molecule is ClCCCCCl.[AlH3]. The summed E-state index contributed by atoms with van der Waals surface area (Å²) in [5.41, 5.74) is 0. The molecule has 0 N–H and O–H groups in total. The summed E-state index contributed by atoms with van der Waals surface area (Å²) in [6, 6.07) is 0. The smallest absolute Gasteiger partial charge is 0.127 e. The Balaban J connectivity index is 0. The minimum atomic E-state index is 0. The Kier molecular flexibility index (Phi) is 16.0. The first-order valence-electron chi connectivity index (χ1n) is 2.03. The largest absolute Gasteiger partial charge is 0.187 e. The van der Waals surface area contributed by atoms with E-state index in [2.05, 4.69) is 0 Å². The fraction of sp³-hybridized carbons (Fsp3) is 1.00. The molecule has 0 spiro atoms. The fourth-order valence-electron chi connectivity index (χ4n) is 0.189. The minimum Gasteiger partial charge on any atom is -0.127 e. The second-order valence-electron chi connectivity index (χ2n) is 1.09. The molecule has 0 unspecified atom stereocenters. The van der Waals surface area contributed by atoms with E-state index in [1.54, 1.807) is 0 Å². The van der Waals surface area contributed by atoms with Crippen molar-refractivity contribution in [3.8, 4) is 0 Å². The van der Waals surface area contributed by atoms with Gasteiger partial charge < -0.3 is 0 Å². The van der Waals surface area contributed by atoms with Crippen molar-refractivity contribution >= 4 is 40.6 Å². The molecule has 0 bridgehead atoms. The Morgan fingerprint density at radius 2 is 1.14 bits per heavy atom. The first kappa shape index (κ1) is 11.0. The van der Waals surface area contributed by atoms with Gasteiger partial charge >= 0.3 is 0 Å². The number of rotatable bonds is 3. The lowest BCUT2D eigenvalue weighted by Crippen LogP contribution is -1.74. The first-order valence-corrected chi connectivity index (χ1v) is 3.10. The molecule has 7 heavy (non-hydrogen) atoms. The number of hydrogen-bond acceptors (Lipinski definition) is 0. The van der Waals surface area contributed by atoms with Crippen LogP contribution in [0.5, 0.6) is 0 Å². The van der Waals surface area contributed by atoms with Gasteiger partial charge in [0, 0.05) is 11.8 Å². The Hall–Kier alpha value is 1.11. The van der Waals surface area contributed by atoms with Crippen LogP contribution in [0.3, 0.4) is 0 Å². The van der Waals surface area contributed by atoms with Crippen molar-refractivity contribution in [2.45, 2.75) is 12.8 Å². The second kappa shape index (κ2) is 10.2. The van der Waals surface area contributed by atoms with Crippen molar-refractivity contribution in [2.24, 2.45) is 0 Å². The maximum Gasteiger partial charge on any atom is 0.187 e. The van der Waals surface area contributed by atoms with Crippen LogP contribution in [0.25, 0.3) is 0 Å². The molecule has 0 aliphatic rings. The Morgan fingerprint density at radius 1 is 0.857 bits per heavy atom. The zero-order valence-corrected chi connectivity index (χ0v) is 5.10. The van der Waals surface area contributed by atoms with Crippen LogP contribution in [-0.2, 0) is 0 Å². The van der Waals surface area contributed by atoms with E-state index < -0.39 is 0 Å². The molecular weight excluding hydrogens is 146 g/mol. The van der Waals surface area contributed by atoms with Crippen LogP contribution in [0.15, 0.2) is 0 Å². The van der Waals surface area contributed by atoms with Crippen LogP contribution >= 0.6 is 23.2 Å². The molecular formula is C4H11AlCl2. The van der Waals surface area contributed by atoms with Crippen molar-refractivity contribution < 1.29 is 0 Å². The Bertz CT molecular complexity index is 21.7. The van der Waals surface area contributed by atoms with E-state index in [0.29, 0.717) is 0 Å². The molecule has 0 atom stereocenters. The molecule has 0 aliphatic carbocycles. The number of hydrogen-bond donors (Lipinski definition) is 0. The Labute approximate surface area is 65.3 Å². The summed E-state index contributed by atoms with van der Waals surface area (Å²) in [6.45, 7) is 0. The van der Waals surface area contributed by atoms with E-state index in [1.165, 1.54) is 0 Å². The van der Waals surface area contributed by atoms with E-state index in [1.807, 2.05) is 0 Å². The Morgan fingerprint density at radius 3 is 1.29 bits per heavy atom. The van der Waals surface area contributed by atoms with Crippen molar-refractivity contribution in [3.05, 3.63) is 0 Å². The van der Waals surface area contributed by atoms with Gasteiger partial charge in [-0.25, -0.2) is 0 Å². The molecule has 0 fully saturated rings. The van der Waals surface area contributed by atoms with Gasteiger partial charge in [0.05, 0.1) is 0 Å². The van der Waals surface area contributed by atoms with Gasteiger partial charge in [0.25, 0.3) is 0 Å². The van der Waals surface area contributed by atoms with E-state index in [0.717, 1.165) is 24.6 Å². The number of unbranched alkanes of at least 4 members (excludes halogenated alkanes) is 1. The highest BCUT2D eigenvalue weighted by molar-refractivity contribution is 6.18. The molecule has 0 saturated heterocycles. The van der Waals surface area contributed by atoms with Crippen molar-refractivity contribution in [3.63, 3.8) is 0 Å². The lowest BCUT2D eigenvalue weighted by Gasteiger charge is -1.83. The van der Waals surface area contributed by atoms with Crippen LogP contribution in [0.4, 0.5) is 0 Å². The van der Waals surface area contributed by atoms with Crippen molar-refractivity contribution in [1.29, 1.82) is 0 Å². The molecule has 44 valence electrons. The standard InChI is InChI=1S/C4H8Cl2.Al.3H/c5-3-1-2-4-6;;;;/h1-4H2;;;;.